The number of aliphatic hydroxyl groups is 1. The Morgan fingerprint density at radius 3 is 2.90 bits per heavy atom. The van der Waals surface area contributed by atoms with Crippen LogP contribution in [0.25, 0.3) is 0 Å². The Hall–Kier alpha value is -1.24. The number of hydrogen-bond donors (Lipinski definition) is 1. The molecule has 5 nitrogen and oxygen atoms in total. The lowest BCUT2D eigenvalue weighted by Crippen LogP contribution is -2.04. The molecule has 0 fully saturated rings. The number of para-hydroxylation sites is 1. The van der Waals surface area contributed by atoms with Crippen molar-refractivity contribution in [2.75, 3.05) is 12.4 Å². The van der Waals surface area contributed by atoms with Gasteiger partial charge in [-0.1, -0.05) is 35.5 Å². The summed E-state index contributed by atoms with van der Waals surface area (Å²) in [6.07, 6.45) is 0.739. The lowest BCUT2D eigenvalue weighted by molar-refractivity contribution is 0.290. The third-order valence-electron chi connectivity index (χ3n) is 2.65. The fourth-order valence-electron chi connectivity index (χ4n) is 1.53. The second kappa shape index (κ2) is 7.52. The van der Waals surface area contributed by atoms with Crippen LogP contribution in [0, 0.1) is 0 Å². The van der Waals surface area contributed by atoms with Gasteiger partial charge in [0.05, 0.1) is 5.02 Å². The molecule has 108 valence electrons. The average Bonchev–Trinajstić information content (AvgIpc) is 2.80. The molecule has 0 radical (unpaired) electrons. The molecular weight excluding hydrogens is 298 g/mol. The van der Waals surface area contributed by atoms with Crippen LogP contribution < -0.4 is 4.74 Å². The number of aliphatic hydroxyl groups excluding tert-OH is 1. The molecule has 0 aliphatic heterocycles. The Kier molecular flexibility index (Phi) is 5.70. The molecule has 0 saturated carbocycles. The van der Waals surface area contributed by atoms with Gasteiger partial charge in [0.15, 0.2) is 11.0 Å². The minimum Gasteiger partial charge on any atom is -0.484 e. The predicted molar refractivity (Wildman–Crippen MR) is 79.2 cm³/mol. The highest BCUT2D eigenvalue weighted by atomic mass is 35.5. The van der Waals surface area contributed by atoms with Crippen molar-refractivity contribution in [1.82, 2.24) is 14.8 Å². The van der Waals surface area contributed by atoms with Gasteiger partial charge in [-0.05, 0) is 18.6 Å². The number of benzene rings is 1. The molecule has 1 aromatic carbocycles. The maximum Gasteiger partial charge on any atom is 0.191 e. The first kappa shape index (κ1) is 15.2. The third-order valence-corrected chi connectivity index (χ3v) is 4.07. The van der Waals surface area contributed by atoms with E-state index in [0.717, 1.165) is 23.2 Å². The fraction of sp³-hybridized carbons (Fsp3) is 0.385. The first-order valence-electron chi connectivity index (χ1n) is 6.21. The highest BCUT2D eigenvalue weighted by Gasteiger charge is 2.10. The van der Waals surface area contributed by atoms with Crippen molar-refractivity contribution < 1.29 is 9.84 Å². The smallest absolute Gasteiger partial charge is 0.191 e. The Labute approximate surface area is 126 Å². The highest BCUT2D eigenvalue weighted by Crippen LogP contribution is 2.24. The van der Waals surface area contributed by atoms with Gasteiger partial charge in [0.1, 0.15) is 12.4 Å². The Morgan fingerprint density at radius 1 is 1.35 bits per heavy atom. The number of ether oxygens (including phenoxy) is 1. The fourth-order valence-corrected chi connectivity index (χ4v) is 2.57. The molecule has 0 aliphatic rings. The maximum absolute atomic E-state index is 8.77. The first-order chi connectivity index (χ1) is 9.72. The van der Waals surface area contributed by atoms with Crippen LogP contribution in [0.15, 0.2) is 29.4 Å². The summed E-state index contributed by atoms with van der Waals surface area (Å²) in [5.74, 6) is 2.18. The van der Waals surface area contributed by atoms with Gasteiger partial charge in [0.25, 0.3) is 0 Å². The molecule has 1 heterocycles. The molecule has 1 N–H and O–H groups in total. The van der Waals surface area contributed by atoms with Crippen molar-refractivity contribution in [3.05, 3.63) is 35.1 Å². The molecule has 0 aliphatic carbocycles. The first-order valence-corrected chi connectivity index (χ1v) is 7.58. The maximum atomic E-state index is 8.77. The Balaban J connectivity index is 1.95. The van der Waals surface area contributed by atoms with Crippen LogP contribution in [0.4, 0.5) is 0 Å². The van der Waals surface area contributed by atoms with Crippen LogP contribution in [-0.4, -0.2) is 32.2 Å². The molecular formula is C13H16ClN3O2S. The van der Waals surface area contributed by atoms with E-state index in [2.05, 4.69) is 10.2 Å². The van der Waals surface area contributed by atoms with Gasteiger partial charge in [-0.3, -0.25) is 0 Å². The normalized spacial score (nSPS) is 10.8. The van der Waals surface area contributed by atoms with E-state index in [9.17, 15) is 0 Å². The number of rotatable bonds is 7. The Morgan fingerprint density at radius 2 is 2.15 bits per heavy atom. The largest absolute Gasteiger partial charge is 0.484 e. The minimum atomic E-state index is 0.188. The topological polar surface area (TPSA) is 60.2 Å². The van der Waals surface area contributed by atoms with E-state index in [0.29, 0.717) is 17.4 Å². The average molecular weight is 314 g/mol. The van der Waals surface area contributed by atoms with E-state index < -0.39 is 0 Å². The number of thioether (sulfide) groups is 1. The molecule has 0 amide bonds. The molecule has 0 saturated heterocycles. The molecule has 20 heavy (non-hydrogen) atoms. The lowest BCUT2D eigenvalue weighted by Gasteiger charge is -2.07. The van der Waals surface area contributed by atoms with Gasteiger partial charge in [-0.15, -0.1) is 10.2 Å². The summed E-state index contributed by atoms with van der Waals surface area (Å²) in [6.45, 7) is 0.501. The Bertz CT molecular complexity index is 562. The van der Waals surface area contributed by atoms with E-state index in [1.807, 2.05) is 29.8 Å². The van der Waals surface area contributed by atoms with Crippen LogP contribution in [0.1, 0.15) is 12.2 Å². The summed E-state index contributed by atoms with van der Waals surface area (Å²) in [6, 6.07) is 7.32. The summed E-state index contributed by atoms with van der Waals surface area (Å²) in [5, 5.41) is 18.4. The lowest BCUT2D eigenvalue weighted by atomic mass is 10.3. The predicted octanol–water partition coefficient (Wildman–Crippen LogP) is 2.52. The number of nitrogens with zero attached hydrogens (tertiary/aromatic N) is 3. The summed E-state index contributed by atoms with van der Waals surface area (Å²) >= 11 is 7.59. The summed E-state index contributed by atoms with van der Waals surface area (Å²) in [4.78, 5) is 0. The van der Waals surface area contributed by atoms with Crippen LogP contribution in [0.2, 0.25) is 5.02 Å². The summed E-state index contributed by atoms with van der Waals surface area (Å²) in [7, 11) is 1.90. The van der Waals surface area contributed by atoms with Gasteiger partial charge in [-0.2, -0.15) is 0 Å². The third kappa shape index (κ3) is 3.88. The van der Waals surface area contributed by atoms with Crippen molar-refractivity contribution in [3.63, 3.8) is 0 Å². The molecule has 2 aromatic rings. The minimum absolute atomic E-state index is 0.188. The van der Waals surface area contributed by atoms with E-state index >= 15 is 0 Å². The van der Waals surface area contributed by atoms with Crippen LogP contribution in [0.3, 0.4) is 0 Å². The molecule has 7 heteroatoms. The van der Waals surface area contributed by atoms with Crippen LogP contribution in [0.5, 0.6) is 5.75 Å². The monoisotopic (exact) mass is 313 g/mol. The highest BCUT2D eigenvalue weighted by molar-refractivity contribution is 7.99. The zero-order valence-electron chi connectivity index (χ0n) is 11.1. The quantitative estimate of drug-likeness (QED) is 0.628. The number of aromatic nitrogens is 3. The molecule has 2 rings (SSSR count). The van der Waals surface area contributed by atoms with Crippen molar-refractivity contribution >= 4 is 23.4 Å². The van der Waals surface area contributed by atoms with E-state index in [4.69, 9.17) is 21.4 Å². The zero-order chi connectivity index (χ0) is 14.4. The van der Waals surface area contributed by atoms with Gasteiger partial charge in [0, 0.05) is 19.4 Å². The van der Waals surface area contributed by atoms with Crippen molar-refractivity contribution in [1.29, 1.82) is 0 Å². The van der Waals surface area contributed by atoms with Crippen LogP contribution in [-0.2, 0) is 13.7 Å². The van der Waals surface area contributed by atoms with E-state index in [-0.39, 0.29) is 6.61 Å². The molecule has 0 bridgehead atoms. The number of halogens is 1. The van der Waals surface area contributed by atoms with Gasteiger partial charge < -0.3 is 14.4 Å². The summed E-state index contributed by atoms with van der Waals surface area (Å²) in [5.41, 5.74) is 0. The summed E-state index contributed by atoms with van der Waals surface area (Å²) < 4.78 is 7.53. The second-order valence-corrected chi connectivity index (χ2v) is 5.57. The zero-order valence-corrected chi connectivity index (χ0v) is 12.7. The van der Waals surface area contributed by atoms with Gasteiger partial charge >= 0.3 is 0 Å². The van der Waals surface area contributed by atoms with E-state index in [1.54, 1.807) is 17.8 Å². The van der Waals surface area contributed by atoms with Crippen LogP contribution >= 0.6 is 23.4 Å². The standard InChI is InChI=1S/C13H16ClN3O2S/c1-17-12(15-16-13(17)20-8-4-7-18)9-19-11-6-3-2-5-10(11)14/h2-3,5-6,18H,4,7-9H2,1H3. The SMILES string of the molecule is Cn1c(COc2ccccc2Cl)nnc1SCCCO. The second-order valence-electron chi connectivity index (χ2n) is 4.10. The van der Waals surface area contributed by atoms with Gasteiger partial charge in [-0.25, -0.2) is 0 Å². The van der Waals surface area contributed by atoms with Gasteiger partial charge in [0.2, 0.25) is 0 Å². The molecule has 0 unspecified atom stereocenters. The van der Waals surface area contributed by atoms with Crippen molar-refractivity contribution in [2.45, 2.75) is 18.2 Å². The van der Waals surface area contributed by atoms with E-state index in [1.165, 1.54) is 0 Å². The van der Waals surface area contributed by atoms with Crippen molar-refractivity contribution in [2.24, 2.45) is 7.05 Å². The molecule has 0 spiro atoms. The molecule has 0 atom stereocenters. The molecule has 1 aromatic heterocycles. The number of hydrogen-bond acceptors (Lipinski definition) is 5. The van der Waals surface area contributed by atoms with Crippen molar-refractivity contribution in [3.8, 4) is 5.75 Å².